The van der Waals surface area contributed by atoms with Crippen LogP contribution in [0.2, 0.25) is 0 Å². The lowest BCUT2D eigenvalue weighted by molar-refractivity contribution is -0.230. The molecular weight excluding hydrogens is 308 g/mol. The highest BCUT2D eigenvalue weighted by atomic mass is 16.7. The maximum atomic E-state index is 6.04. The normalized spacial score (nSPS) is 40.1. The summed E-state index contributed by atoms with van der Waals surface area (Å²) in [6.07, 6.45) is 18.7. The van der Waals surface area contributed by atoms with E-state index in [-0.39, 0.29) is 6.29 Å². The zero-order chi connectivity index (χ0) is 17.5. The van der Waals surface area contributed by atoms with E-state index >= 15 is 0 Å². The quantitative estimate of drug-likeness (QED) is 0.483. The molecular formula is C23H42O2. The number of unbranched alkanes of at least 4 members (excludes halogenated alkanes) is 2. The van der Waals surface area contributed by atoms with Crippen LogP contribution < -0.4 is 0 Å². The first-order valence-electron chi connectivity index (χ1n) is 11.5. The molecule has 0 radical (unpaired) electrons. The van der Waals surface area contributed by atoms with Gasteiger partial charge in [0.1, 0.15) is 0 Å². The first-order valence-corrected chi connectivity index (χ1v) is 11.5. The summed E-state index contributed by atoms with van der Waals surface area (Å²) in [4.78, 5) is 0. The molecule has 0 aromatic carbocycles. The van der Waals surface area contributed by atoms with E-state index in [1.54, 1.807) is 0 Å². The molecule has 3 rings (SSSR count). The lowest BCUT2D eigenvalue weighted by Crippen LogP contribution is -2.39. The summed E-state index contributed by atoms with van der Waals surface area (Å²) in [5.74, 6) is 4.37. The number of hydrogen-bond acceptors (Lipinski definition) is 2. The largest absolute Gasteiger partial charge is 0.352 e. The standard InChI is InChI=1S/C23H42O2/c1-3-5-6-7-19-8-10-20(11-9-19)21-12-14-22(15-13-21)23-24-16-18(4-2)17-25-23/h18-23H,3-17H2,1-2H3/t18-,19?,20?,21?,22?,23-. The summed E-state index contributed by atoms with van der Waals surface area (Å²) in [5.41, 5.74) is 0. The minimum Gasteiger partial charge on any atom is -0.352 e. The molecule has 0 spiro atoms. The molecule has 0 N–H and O–H groups in total. The van der Waals surface area contributed by atoms with Crippen LogP contribution in [0.3, 0.4) is 0 Å². The maximum absolute atomic E-state index is 6.04. The Morgan fingerprint density at radius 2 is 1.20 bits per heavy atom. The molecule has 3 aliphatic rings. The summed E-state index contributed by atoms with van der Waals surface area (Å²) in [6, 6.07) is 0. The molecule has 146 valence electrons. The third-order valence-electron chi connectivity index (χ3n) is 7.55. The minimum atomic E-state index is 0.109. The van der Waals surface area contributed by atoms with Crippen LogP contribution in [0.5, 0.6) is 0 Å². The molecule has 1 heterocycles. The van der Waals surface area contributed by atoms with Crippen molar-refractivity contribution in [3.63, 3.8) is 0 Å². The second kappa shape index (κ2) is 10.3. The van der Waals surface area contributed by atoms with Crippen molar-refractivity contribution >= 4 is 0 Å². The lowest BCUT2D eigenvalue weighted by atomic mass is 9.68. The van der Waals surface area contributed by atoms with Crippen molar-refractivity contribution in [2.24, 2.45) is 29.6 Å². The Balaban J connectivity index is 1.33. The van der Waals surface area contributed by atoms with Crippen LogP contribution in [0, 0.1) is 29.6 Å². The Labute approximate surface area is 156 Å². The van der Waals surface area contributed by atoms with E-state index in [1.165, 1.54) is 83.5 Å². The third kappa shape index (κ3) is 5.70. The molecule has 25 heavy (non-hydrogen) atoms. The van der Waals surface area contributed by atoms with Crippen LogP contribution in [0.15, 0.2) is 0 Å². The molecule has 0 bridgehead atoms. The van der Waals surface area contributed by atoms with Crippen LogP contribution in [0.25, 0.3) is 0 Å². The summed E-state index contributed by atoms with van der Waals surface area (Å²) >= 11 is 0. The van der Waals surface area contributed by atoms with Gasteiger partial charge in [-0.1, -0.05) is 52.4 Å². The van der Waals surface area contributed by atoms with E-state index in [4.69, 9.17) is 9.47 Å². The first kappa shape index (κ1) is 19.7. The van der Waals surface area contributed by atoms with Crippen molar-refractivity contribution in [3.8, 4) is 0 Å². The fourth-order valence-electron chi connectivity index (χ4n) is 5.59. The minimum absolute atomic E-state index is 0.109. The third-order valence-corrected chi connectivity index (χ3v) is 7.55. The van der Waals surface area contributed by atoms with E-state index in [0.717, 1.165) is 31.0 Å². The molecule has 0 aromatic heterocycles. The number of rotatable bonds is 7. The molecule has 0 atom stereocenters. The Kier molecular flexibility index (Phi) is 8.11. The van der Waals surface area contributed by atoms with Gasteiger partial charge >= 0.3 is 0 Å². The van der Waals surface area contributed by atoms with Crippen molar-refractivity contribution in [3.05, 3.63) is 0 Å². The molecule has 0 amide bonds. The summed E-state index contributed by atoms with van der Waals surface area (Å²) in [7, 11) is 0. The molecule has 2 aliphatic carbocycles. The van der Waals surface area contributed by atoms with Gasteiger partial charge in [0, 0.05) is 11.8 Å². The highest BCUT2D eigenvalue weighted by molar-refractivity contribution is 4.83. The Morgan fingerprint density at radius 1 is 0.640 bits per heavy atom. The van der Waals surface area contributed by atoms with Crippen molar-refractivity contribution < 1.29 is 9.47 Å². The fourth-order valence-corrected chi connectivity index (χ4v) is 5.59. The maximum Gasteiger partial charge on any atom is 0.160 e. The van der Waals surface area contributed by atoms with Crippen molar-refractivity contribution in [2.45, 2.75) is 104 Å². The van der Waals surface area contributed by atoms with E-state index < -0.39 is 0 Å². The molecule has 2 saturated carbocycles. The summed E-state index contributed by atoms with van der Waals surface area (Å²) in [6.45, 7) is 6.40. The highest BCUT2D eigenvalue weighted by Gasteiger charge is 2.35. The van der Waals surface area contributed by atoms with Crippen molar-refractivity contribution in [2.75, 3.05) is 13.2 Å². The smallest absolute Gasteiger partial charge is 0.160 e. The topological polar surface area (TPSA) is 18.5 Å². The zero-order valence-corrected chi connectivity index (χ0v) is 16.9. The van der Waals surface area contributed by atoms with Gasteiger partial charge in [0.2, 0.25) is 0 Å². The van der Waals surface area contributed by atoms with E-state index in [0.29, 0.717) is 11.8 Å². The second-order valence-electron chi connectivity index (χ2n) is 9.26. The van der Waals surface area contributed by atoms with Gasteiger partial charge in [0.15, 0.2) is 6.29 Å². The molecule has 2 nitrogen and oxygen atoms in total. The van der Waals surface area contributed by atoms with E-state index in [9.17, 15) is 0 Å². The van der Waals surface area contributed by atoms with E-state index in [1.807, 2.05) is 0 Å². The average Bonchev–Trinajstić information content (AvgIpc) is 2.69. The second-order valence-corrected chi connectivity index (χ2v) is 9.26. The van der Waals surface area contributed by atoms with Gasteiger partial charge in [-0.05, 0) is 62.7 Å². The summed E-state index contributed by atoms with van der Waals surface area (Å²) < 4.78 is 12.1. The Morgan fingerprint density at radius 3 is 1.76 bits per heavy atom. The van der Waals surface area contributed by atoms with Crippen LogP contribution in [0.1, 0.15) is 97.3 Å². The SMILES string of the molecule is CCCCCC1CCC(C2CCC([C@H]3OC[C@H](CC)CO3)CC2)CC1. The van der Waals surface area contributed by atoms with Gasteiger partial charge in [-0.2, -0.15) is 0 Å². The van der Waals surface area contributed by atoms with Crippen LogP contribution >= 0.6 is 0 Å². The average molecular weight is 351 g/mol. The highest BCUT2D eigenvalue weighted by Crippen LogP contribution is 2.43. The molecule has 0 unspecified atom stereocenters. The summed E-state index contributed by atoms with van der Waals surface area (Å²) in [5, 5.41) is 0. The lowest BCUT2D eigenvalue weighted by Gasteiger charge is -2.41. The number of hydrogen-bond donors (Lipinski definition) is 0. The van der Waals surface area contributed by atoms with Gasteiger partial charge in [0.05, 0.1) is 13.2 Å². The molecule has 3 fully saturated rings. The Hall–Kier alpha value is -0.0800. The van der Waals surface area contributed by atoms with Crippen LogP contribution in [-0.2, 0) is 9.47 Å². The van der Waals surface area contributed by atoms with Crippen LogP contribution in [0.4, 0.5) is 0 Å². The molecule has 0 aromatic rings. The first-order chi connectivity index (χ1) is 12.3. The zero-order valence-electron chi connectivity index (χ0n) is 16.9. The van der Waals surface area contributed by atoms with Gasteiger partial charge in [-0.15, -0.1) is 0 Å². The van der Waals surface area contributed by atoms with Gasteiger partial charge in [0.25, 0.3) is 0 Å². The Bertz CT molecular complexity index is 345. The monoisotopic (exact) mass is 350 g/mol. The van der Waals surface area contributed by atoms with Crippen molar-refractivity contribution in [1.29, 1.82) is 0 Å². The predicted molar refractivity (Wildman–Crippen MR) is 105 cm³/mol. The fraction of sp³-hybridized carbons (Fsp3) is 1.00. The predicted octanol–water partition coefficient (Wildman–Crippen LogP) is 6.58. The van der Waals surface area contributed by atoms with Crippen LogP contribution in [-0.4, -0.2) is 19.5 Å². The van der Waals surface area contributed by atoms with Gasteiger partial charge in [-0.25, -0.2) is 0 Å². The number of ether oxygens (including phenoxy) is 2. The van der Waals surface area contributed by atoms with Crippen molar-refractivity contribution in [1.82, 2.24) is 0 Å². The van der Waals surface area contributed by atoms with Gasteiger partial charge < -0.3 is 9.47 Å². The van der Waals surface area contributed by atoms with Gasteiger partial charge in [-0.3, -0.25) is 0 Å². The van der Waals surface area contributed by atoms with E-state index in [2.05, 4.69) is 13.8 Å². The molecule has 2 heteroatoms. The molecule has 1 aliphatic heterocycles. The molecule has 1 saturated heterocycles.